The lowest BCUT2D eigenvalue weighted by Gasteiger charge is -2.34. The minimum absolute atomic E-state index is 0.169. The zero-order valence-electron chi connectivity index (χ0n) is 14.4. The monoisotopic (exact) mass is 385 g/mol. The van der Waals surface area contributed by atoms with Gasteiger partial charge < -0.3 is 9.80 Å². The molecule has 2 aromatic carbocycles. The third-order valence-electron chi connectivity index (χ3n) is 4.56. The minimum Gasteiger partial charge on any atom is -0.345 e. The second-order valence-electron chi connectivity index (χ2n) is 6.28. The Kier molecular flexibility index (Phi) is 4.85. The van der Waals surface area contributed by atoms with Gasteiger partial charge >= 0.3 is 0 Å². The Bertz CT molecular complexity index is 953. The van der Waals surface area contributed by atoms with Gasteiger partial charge in [-0.2, -0.15) is 0 Å². The van der Waals surface area contributed by atoms with Crippen molar-refractivity contribution in [2.24, 2.45) is 0 Å². The SMILES string of the molecule is O=C(c1ccc(F)c(F)c1)N1CCN(c2ncc(-c3ccccc3)s2)CC1. The predicted octanol–water partition coefficient (Wildman–Crippen LogP) is 4.05. The van der Waals surface area contributed by atoms with Gasteiger partial charge in [-0.25, -0.2) is 13.8 Å². The van der Waals surface area contributed by atoms with E-state index in [1.807, 2.05) is 24.4 Å². The van der Waals surface area contributed by atoms with Crippen LogP contribution in [0.5, 0.6) is 0 Å². The van der Waals surface area contributed by atoms with E-state index >= 15 is 0 Å². The van der Waals surface area contributed by atoms with Crippen LogP contribution in [-0.4, -0.2) is 42.0 Å². The Hall–Kier alpha value is -2.80. The van der Waals surface area contributed by atoms with Crippen LogP contribution in [0.3, 0.4) is 0 Å². The van der Waals surface area contributed by atoms with Gasteiger partial charge in [0.25, 0.3) is 5.91 Å². The highest BCUT2D eigenvalue weighted by Crippen LogP contribution is 2.31. The normalized spacial score (nSPS) is 14.4. The van der Waals surface area contributed by atoms with Crippen LogP contribution < -0.4 is 4.90 Å². The number of rotatable bonds is 3. The fourth-order valence-electron chi connectivity index (χ4n) is 3.06. The molecule has 0 N–H and O–H groups in total. The second-order valence-corrected chi connectivity index (χ2v) is 7.29. The zero-order chi connectivity index (χ0) is 18.8. The summed E-state index contributed by atoms with van der Waals surface area (Å²) in [5.41, 5.74) is 1.30. The van der Waals surface area contributed by atoms with Crippen LogP contribution in [0, 0.1) is 11.6 Å². The fraction of sp³-hybridized carbons (Fsp3) is 0.200. The number of halogens is 2. The number of hydrogen-bond acceptors (Lipinski definition) is 4. The smallest absolute Gasteiger partial charge is 0.254 e. The fourth-order valence-corrected chi connectivity index (χ4v) is 4.03. The number of carbonyl (C=O) groups excluding carboxylic acids is 1. The molecule has 1 fully saturated rings. The standard InChI is InChI=1S/C20H17F2N3OS/c21-16-7-6-15(12-17(16)22)19(26)24-8-10-25(11-9-24)20-23-13-18(27-20)14-4-2-1-3-5-14/h1-7,12-13H,8-11H2. The van der Waals surface area contributed by atoms with Gasteiger partial charge in [0.1, 0.15) is 0 Å². The summed E-state index contributed by atoms with van der Waals surface area (Å²) >= 11 is 1.62. The van der Waals surface area contributed by atoms with Gasteiger partial charge in [-0.15, -0.1) is 0 Å². The molecule has 2 heterocycles. The number of carbonyl (C=O) groups is 1. The lowest BCUT2D eigenvalue weighted by molar-refractivity contribution is 0.0746. The van der Waals surface area contributed by atoms with E-state index in [2.05, 4.69) is 22.0 Å². The number of piperazine rings is 1. The molecule has 1 amide bonds. The summed E-state index contributed by atoms with van der Waals surface area (Å²) in [6, 6.07) is 13.3. The molecule has 0 unspecified atom stereocenters. The van der Waals surface area contributed by atoms with Crippen molar-refractivity contribution in [2.75, 3.05) is 31.1 Å². The van der Waals surface area contributed by atoms with Crippen LogP contribution >= 0.6 is 11.3 Å². The molecular weight excluding hydrogens is 368 g/mol. The van der Waals surface area contributed by atoms with E-state index < -0.39 is 11.6 Å². The van der Waals surface area contributed by atoms with Crippen LogP contribution in [0.4, 0.5) is 13.9 Å². The Morgan fingerprint density at radius 2 is 1.70 bits per heavy atom. The van der Waals surface area contributed by atoms with Crippen molar-refractivity contribution in [3.05, 3.63) is 71.9 Å². The molecule has 7 heteroatoms. The quantitative estimate of drug-likeness (QED) is 0.683. The van der Waals surface area contributed by atoms with E-state index in [1.54, 1.807) is 16.2 Å². The summed E-state index contributed by atoms with van der Waals surface area (Å²) in [4.78, 5) is 21.9. The first-order valence-corrected chi connectivity index (χ1v) is 9.44. The molecule has 138 valence electrons. The highest BCUT2D eigenvalue weighted by molar-refractivity contribution is 7.18. The molecule has 1 aliphatic heterocycles. The highest BCUT2D eigenvalue weighted by Gasteiger charge is 2.24. The van der Waals surface area contributed by atoms with Crippen LogP contribution in [0.2, 0.25) is 0 Å². The molecule has 0 aliphatic carbocycles. The van der Waals surface area contributed by atoms with Crippen molar-refractivity contribution in [1.29, 1.82) is 0 Å². The van der Waals surface area contributed by atoms with Crippen molar-refractivity contribution < 1.29 is 13.6 Å². The Morgan fingerprint density at radius 1 is 0.963 bits per heavy atom. The van der Waals surface area contributed by atoms with Crippen molar-refractivity contribution in [3.63, 3.8) is 0 Å². The lowest BCUT2D eigenvalue weighted by Crippen LogP contribution is -2.48. The number of nitrogens with zero attached hydrogens (tertiary/aromatic N) is 3. The Balaban J connectivity index is 1.41. The molecule has 1 aliphatic rings. The predicted molar refractivity (Wildman–Crippen MR) is 102 cm³/mol. The van der Waals surface area contributed by atoms with Gasteiger partial charge in [0.15, 0.2) is 16.8 Å². The number of benzene rings is 2. The van der Waals surface area contributed by atoms with E-state index in [0.717, 1.165) is 27.7 Å². The van der Waals surface area contributed by atoms with Crippen molar-refractivity contribution in [3.8, 4) is 10.4 Å². The van der Waals surface area contributed by atoms with Crippen molar-refractivity contribution in [2.45, 2.75) is 0 Å². The Labute approximate surface area is 159 Å². The number of anilines is 1. The molecule has 3 aromatic rings. The minimum atomic E-state index is -1.00. The molecule has 0 bridgehead atoms. The van der Waals surface area contributed by atoms with Gasteiger partial charge in [-0.3, -0.25) is 4.79 Å². The topological polar surface area (TPSA) is 36.4 Å². The maximum atomic E-state index is 13.4. The molecule has 1 saturated heterocycles. The molecular formula is C20H17F2N3OS. The summed E-state index contributed by atoms with van der Waals surface area (Å²) < 4.78 is 26.4. The summed E-state index contributed by atoms with van der Waals surface area (Å²) in [6.45, 7) is 2.32. The second kappa shape index (κ2) is 7.44. The summed E-state index contributed by atoms with van der Waals surface area (Å²) in [5, 5.41) is 0.925. The highest BCUT2D eigenvalue weighted by atomic mass is 32.1. The third kappa shape index (κ3) is 3.68. The summed E-state index contributed by atoms with van der Waals surface area (Å²) in [7, 11) is 0. The molecule has 4 rings (SSSR count). The Morgan fingerprint density at radius 3 is 2.41 bits per heavy atom. The third-order valence-corrected chi connectivity index (χ3v) is 5.66. The summed E-state index contributed by atoms with van der Waals surface area (Å²) in [5.74, 6) is -2.23. The van der Waals surface area contributed by atoms with Gasteiger partial charge in [-0.05, 0) is 23.8 Å². The molecule has 1 aromatic heterocycles. The number of amides is 1. The average molecular weight is 385 g/mol. The lowest BCUT2D eigenvalue weighted by atomic mass is 10.1. The molecule has 0 radical (unpaired) electrons. The van der Waals surface area contributed by atoms with E-state index in [-0.39, 0.29) is 11.5 Å². The van der Waals surface area contributed by atoms with Crippen molar-refractivity contribution >= 4 is 22.4 Å². The first-order valence-electron chi connectivity index (χ1n) is 8.62. The van der Waals surface area contributed by atoms with Crippen LogP contribution in [0.15, 0.2) is 54.7 Å². The zero-order valence-corrected chi connectivity index (χ0v) is 15.3. The van der Waals surface area contributed by atoms with E-state index in [1.165, 1.54) is 6.07 Å². The molecule has 0 spiro atoms. The van der Waals surface area contributed by atoms with Gasteiger partial charge in [-0.1, -0.05) is 41.7 Å². The maximum Gasteiger partial charge on any atom is 0.254 e. The van der Waals surface area contributed by atoms with Crippen LogP contribution in [-0.2, 0) is 0 Å². The van der Waals surface area contributed by atoms with Gasteiger partial charge in [0.2, 0.25) is 0 Å². The number of aromatic nitrogens is 1. The maximum absolute atomic E-state index is 13.4. The average Bonchev–Trinajstić information content (AvgIpc) is 3.21. The first kappa shape index (κ1) is 17.6. The first-order chi connectivity index (χ1) is 13.1. The molecule has 0 saturated carbocycles. The molecule has 0 atom stereocenters. The van der Waals surface area contributed by atoms with Crippen LogP contribution in [0.1, 0.15) is 10.4 Å². The van der Waals surface area contributed by atoms with Gasteiger partial charge in [0, 0.05) is 37.9 Å². The van der Waals surface area contributed by atoms with Gasteiger partial charge in [0.05, 0.1) is 4.88 Å². The van der Waals surface area contributed by atoms with E-state index in [0.29, 0.717) is 26.2 Å². The molecule has 4 nitrogen and oxygen atoms in total. The van der Waals surface area contributed by atoms with E-state index in [9.17, 15) is 13.6 Å². The summed E-state index contributed by atoms with van der Waals surface area (Å²) in [6.07, 6.45) is 1.87. The molecule has 27 heavy (non-hydrogen) atoms. The number of hydrogen-bond donors (Lipinski definition) is 0. The number of thiazole rings is 1. The van der Waals surface area contributed by atoms with Crippen LogP contribution in [0.25, 0.3) is 10.4 Å². The largest absolute Gasteiger partial charge is 0.345 e. The van der Waals surface area contributed by atoms with Crippen molar-refractivity contribution in [1.82, 2.24) is 9.88 Å². The van der Waals surface area contributed by atoms with E-state index in [4.69, 9.17) is 0 Å².